The van der Waals surface area contributed by atoms with Gasteiger partial charge < -0.3 is 0 Å². The van der Waals surface area contributed by atoms with E-state index < -0.39 is 0 Å². The zero-order valence-corrected chi connectivity index (χ0v) is 5.36. The molecular formula is H2CaFeTiV. The van der Waals surface area contributed by atoms with E-state index in [9.17, 15) is 0 Å². The van der Waals surface area contributed by atoms with Gasteiger partial charge in [-0.2, -0.15) is 0 Å². The predicted molar refractivity (Wildman–Crippen MR) is 8.54 cm³/mol. The summed E-state index contributed by atoms with van der Waals surface area (Å²) in [5, 5.41) is 0. The fraction of sp³-hybridized carbons (Fsp3) is 0. The Balaban J connectivity index is -0.00000000500. The molecule has 0 aliphatic heterocycles. The Morgan fingerprint density at radius 2 is 1.25 bits per heavy atom. The second-order valence-corrected chi connectivity index (χ2v) is 0. The summed E-state index contributed by atoms with van der Waals surface area (Å²) in [4.78, 5) is 0. The van der Waals surface area contributed by atoms with Crippen molar-refractivity contribution in [1.82, 2.24) is 0 Å². The van der Waals surface area contributed by atoms with Crippen LogP contribution in [-0.2, 0) is 51.1 Å². The molecule has 21 valence electrons. The third kappa shape index (κ3) is 8.91. The minimum atomic E-state index is 0. The first-order valence-corrected chi connectivity index (χ1v) is 2.69. The summed E-state index contributed by atoms with van der Waals surface area (Å²) in [6.45, 7) is 0. The van der Waals surface area contributed by atoms with Crippen LogP contribution in [-0.4, -0.2) is 37.7 Å². The van der Waals surface area contributed by atoms with Crippen molar-refractivity contribution in [2.45, 2.75) is 0 Å². The van der Waals surface area contributed by atoms with E-state index in [0.717, 1.165) is 0 Å². The molecule has 0 spiro atoms. The number of rotatable bonds is 0. The molecule has 0 aromatic rings. The summed E-state index contributed by atoms with van der Waals surface area (Å²) in [5.41, 5.74) is 0. The van der Waals surface area contributed by atoms with E-state index in [2.05, 4.69) is 29.4 Å². The molecule has 0 unspecified atom stereocenters. The summed E-state index contributed by atoms with van der Waals surface area (Å²) in [7, 11) is 0. The van der Waals surface area contributed by atoms with E-state index in [1.165, 1.54) is 0 Å². The SMILES string of the molecule is [CaH2].[Ti].[V][Fe]. The van der Waals surface area contributed by atoms with Crippen LogP contribution in [0.2, 0.25) is 0 Å². The molecule has 0 bridgehead atoms. The first kappa shape index (κ1) is 15.7. The Bertz CT molecular complexity index is 8.00. The van der Waals surface area contributed by atoms with E-state index in [4.69, 9.17) is 0 Å². The molecule has 0 rings (SSSR count). The van der Waals surface area contributed by atoms with Crippen molar-refractivity contribution in [3.8, 4) is 0 Å². The molecule has 0 radical (unpaired) electrons. The molecular weight excluding hydrogens is 195 g/mol. The zero-order valence-electron chi connectivity index (χ0n) is 1.30. The van der Waals surface area contributed by atoms with E-state index in [1.807, 2.05) is 0 Å². The summed E-state index contributed by atoms with van der Waals surface area (Å²) in [5.74, 6) is 0. The molecule has 0 aliphatic carbocycles. The van der Waals surface area contributed by atoms with Crippen molar-refractivity contribution >= 4 is 37.7 Å². The van der Waals surface area contributed by atoms with Crippen LogP contribution in [0.1, 0.15) is 0 Å². The van der Waals surface area contributed by atoms with Crippen LogP contribution < -0.4 is 0 Å². The first-order valence-electron chi connectivity index (χ1n) is 0.158. The molecule has 4 heteroatoms. The molecule has 0 saturated carbocycles. The molecule has 0 nitrogen and oxygen atoms in total. The van der Waals surface area contributed by atoms with E-state index in [0.29, 0.717) is 0 Å². The average Bonchev–Trinajstić information content (AvgIpc) is 1.00. The van der Waals surface area contributed by atoms with E-state index in [1.54, 1.807) is 0 Å². The Labute approximate surface area is 86.9 Å². The van der Waals surface area contributed by atoms with Gasteiger partial charge in [-0.1, -0.05) is 0 Å². The van der Waals surface area contributed by atoms with Gasteiger partial charge in [0.25, 0.3) is 0 Å². The summed E-state index contributed by atoms with van der Waals surface area (Å²) >= 11 is 5.25. The standard InChI is InChI=1S/Ca.Fe.Ti.V.2H. The summed E-state index contributed by atoms with van der Waals surface area (Å²) < 4.78 is 0. The number of hydrogen-bond donors (Lipinski definition) is 0. The second-order valence-electron chi connectivity index (χ2n) is 0. The van der Waals surface area contributed by atoms with Crippen molar-refractivity contribution in [3.63, 3.8) is 0 Å². The topological polar surface area (TPSA) is 0 Å². The Morgan fingerprint density at radius 3 is 1.25 bits per heavy atom. The third-order valence-corrected chi connectivity index (χ3v) is 0. The quantitative estimate of drug-likeness (QED) is 0.440. The Hall–Kier alpha value is 3.08. The van der Waals surface area contributed by atoms with Gasteiger partial charge in [-0.15, -0.1) is 0 Å². The molecule has 0 aliphatic rings. The van der Waals surface area contributed by atoms with Crippen LogP contribution in [0.15, 0.2) is 0 Å². The summed E-state index contributed by atoms with van der Waals surface area (Å²) in [6.07, 6.45) is 0. The van der Waals surface area contributed by atoms with Gasteiger partial charge in [-0.05, 0) is 0 Å². The van der Waals surface area contributed by atoms with Crippen LogP contribution >= 0.6 is 0 Å². The van der Waals surface area contributed by atoms with E-state index >= 15 is 0 Å². The van der Waals surface area contributed by atoms with Crippen molar-refractivity contribution < 1.29 is 51.1 Å². The monoisotopic (exact) mass is 197 g/mol. The van der Waals surface area contributed by atoms with Crippen LogP contribution in [0, 0.1) is 0 Å². The van der Waals surface area contributed by atoms with Crippen molar-refractivity contribution in [2.24, 2.45) is 0 Å². The first-order chi connectivity index (χ1) is 1.00. The number of hydrogen-bond acceptors (Lipinski definition) is 0. The van der Waals surface area contributed by atoms with Crippen LogP contribution in [0.25, 0.3) is 0 Å². The second kappa shape index (κ2) is 16.5. The van der Waals surface area contributed by atoms with Gasteiger partial charge in [-0.3, -0.25) is 0 Å². The Kier molecular flexibility index (Phi) is 65.0. The van der Waals surface area contributed by atoms with Crippen molar-refractivity contribution in [2.75, 3.05) is 0 Å². The normalized spacial score (nSPS) is 1.25. The van der Waals surface area contributed by atoms with Gasteiger partial charge in [0.1, 0.15) is 0 Å². The maximum absolute atomic E-state index is 3.19. The Morgan fingerprint density at radius 1 is 1.25 bits per heavy atom. The van der Waals surface area contributed by atoms with Crippen molar-refractivity contribution in [3.05, 3.63) is 0 Å². The molecule has 0 aromatic carbocycles. The van der Waals surface area contributed by atoms with Gasteiger partial charge in [0.2, 0.25) is 0 Å². The molecule has 0 atom stereocenters. The van der Waals surface area contributed by atoms with Gasteiger partial charge in [0.05, 0.1) is 0 Å². The van der Waals surface area contributed by atoms with E-state index in [-0.39, 0.29) is 59.5 Å². The average molecular weight is 197 g/mol. The zero-order chi connectivity index (χ0) is 2.00. The molecule has 0 saturated heterocycles. The van der Waals surface area contributed by atoms with Gasteiger partial charge in [-0.25, -0.2) is 0 Å². The molecule has 0 aromatic heterocycles. The molecule has 0 heterocycles. The molecule has 0 amide bonds. The van der Waals surface area contributed by atoms with Crippen LogP contribution in [0.5, 0.6) is 0 Å². The van der Waals surface area contributed by atoms with Gasteiger partial charge in [0.15, 0.2) is 0 Å². The summed E-state index contributed by atoms with van der Waals surface area (Å²) in [6, 6.07) is 0. The van der Waals surface area contributed by atoms with Crippen LogP contribution in [0.4, 0.5) is 0 Å². The molecule has 0 fully saturated rings. The van der Waals surface area contributed by atoms with Gasteiger partial charge >= 0.3 is 67.1 Å². The van der Waals surface area contributed by atoms with Crippen LogP contribution in [0.3, 0.4) is 0 Å². The fourth-order valence-electron chi connectivity index (χ4n) is 0. The molecule has 0 N–H and O–H groups in total. The third-order valence-electron chi connectivity index (χ3n) is 0. The predicted octanol–water partition coefficient (Wildman–Crippen LogP) is -0.924. The van der Waals surface area contributed by atoms with Gasteiger partial charge in [0, 0.05) is 21.7 Å². The van der Waals surface area contributed by atoms with Crippen molar-refractivity contribution in [1.29, 1.82) is 0 Å². The fourth-order valence-corrected chi connectivity index (χ4v) is 0. The maximum atomic E-state index is 3.19. The minimum absolute atomic E-state index is 0. The molecule has 4 heavy (non-hydrogen) atoms.